The van der Waals surface area contributed by atoms with Crippen molar-refractivity contribution in [3.63, 3.8) is 0 Å². The maximum absolute atomic E-state index is 13.3. The van der Waals surface area contributed by atoms with E-state index in [1.165, 1.54) is 11.1 Å². The van der Waals surface area contributed by atoms with Crippen LogP contribution in [0.1, 0.15) is 93.1 Å². The number of carbonyl (C=O) groups excluding carboxylic acids is 1. The number of unbranched alkanes of at least 4 members (excludes halogenated alkanes) is 1. The Morgan fingerprint density at radius 2 is 2.00 bits per heavy atom. The molecule has 6 unspecified atom stereocenters. The Morgan fingerprint density at radius 1 is 1.18 bits per heavy atom. The van der Waals surface area contributed by atoms with Crippen LogP contribution in [0.4, 0.5) is 5.69 Å². The number of fused-ring (bicyclic) bond motifs is 1. The molecule has 1 heterocycles. The molecule has 2 aromatic carbocycles. The molecule has 2 N–H and O–H groups in total. The van der Waals surface area contributed by atoms with Crippen molar-refractivity contribution in [2.45, 2.75) is 83.3 Å². The van der Waals surface area contributed by atoms with E-state index in [1.54, 1.807) is 13.2 Å². The molecule has 1 amide bonds. The number of aryl methyl sites for hydroxylation is 1. The third-order valence-electron chi connectivity index (χ3n) is 9.49. The van der Waals surface area contributed by atoms with Crippen LogP contribution in [0.3, 0.4) is 0 Å². The molecule has 6 atom stereocenters. The highest BCUT2D eigenvalue weighted by Gasteiger charge is 2.39. The molecule has 44 heavy (non-hydrogen) atoms. The number of nitrogens with one attached hydrogen (secondary N) is 1. The van der Waals surface area contributed by atoms with Crippen LogP contribution in [-0.2, 0) is 22.1 Å². The first kappa shape index (κ1) is 34.7. The Hall–Kier alpha value is -2.13. The second-order valence-corrected chi connectivity index (χ2v) is 14.6. The summed E-state index contributed by atoms with van der Waals surface area (Å²) >= 11 is 6.42. The van der Waals surface area contributed by atoms with Crippen LogP contribution in [0.15, 0.2) is 36.4 Å². The minimum Gasteiger partial charge on any atom is -0.491 e. The molecule has 7 nitrogen and oxygen atoms in total. The molecule has 2 aromatic rings. The van der Waals surface area contributed by atoms with Gasteiger partial charge in [-0.05, 0) is 98.2 Å². The van der Waals surface area contributed by atoms with Gasteiger partial charge in [-0.15, -0.1) is 0 Å². The summed E-state index contributed by atoms with van der Waals surface area (Å²) in [7, 11) is 0.0893. The van der Waals surface area contributed by atoms with Crippen molar-refractivity contribution in [2.75, 3.05) is 44.9 Å². The fourth-order valence-corrected chi connectivity index (χ4v) is 7.74. The molecule has 1 fully saturated rings. The summed E-state index contributed by atoms with van der Waals surface area (Å²) in [5, 5.41) is 10.8. The van der Waals surface area contributed by atoms with Gasteiger partial charge in [0.15, 0.2) is 0 Å². The lowest BCUT2D eigenvalue weighted by Crippen LogP contribution is -2.43. The van der Waals surface area contributed by atoms with Crippen LogP contribution < -0.4 is 14.4 Å². The van der Waals surface area contributed by atoms with Crippen LogP contribution in [0.5, 0.6) is 5.75 Å². The lowest BCUT2D eigenvalue weighted by molar-refractivity contribution is 0.0584. The zero-order valence-electron chi connectivity index (χ0n) is 26.9. The first-order valence-corrected chi connectivity index (χ1v) is 18.0. The van der Waals surface area contributed by atoms with E-state index in [0.717, 1.165) is 74.5 Å². The molecule has 1 aliphatic carbocycles. The molecule has 0 spiro atoms. The quantitative estimate of drug-likeness (QED) is 0.206. The molecule has 1 aliphatic heterocycles. The van der Waals surface area contributed by atoms with Crippen molar-refractivity contribution in [3.05, 3.63) is 58.1 Å². The van der Waals surface area contributed by atoms with Gasteiger partial charge in [-0.3, -0.25) is 9.52 Å². The lowest BCUT2D eigenvalue weighted by Gasteiger charge is -2.44. The standard InChI is InChI=1S/C35H51ClN2O5S/c1-5-7-9-28(22-39)32-13-10-27(32)20-38-21-29(31-14-12-30(36)18-25(31)8-6-2)23-43-34-15-11-26(19-33(34)38)35(40)37-44(41)24(3)16-17-42-4/h11-12,14-15,18-19,24,27-29,32,39H,5-10,13,16-17,20-23H2,1-4H3,(H,37,40). The average molecular weight is 647 g/mol. The maximum Gasteiger partial charge on any atom is 0.263 e. The number of hydrogen-bond donors (Lipinski definition) is 2. The molecule has 1 saturated carbocycles. The van der Waals surface area contributed by atoms with Gasteiger partial charge in [-0.2, -0.15) is 0 Å². The fraction of sp³-hybridized carbons (Fsp3) is 0.629. The SMILES string of the molecule is CCCCC(CO)C1CCC1CN1CC(c2ccc(Cl)cc2CCC)COc2ccc(C(=O)NS(=O)C(C)CCOC)cc21. The number of carbonyl (C=O) groups is 1. The Bertz CT molecular complexity index is 1260. The summed E-state index contributed by atoms with van der Waals surface area (Å²) in [5.41, 5.74) is 3.87. The van der Waals surface area contributed by atoms with Gasteiger partial charge in [0.25, 0.3) is 5.91 Å². The van der Waals surface area contributed by atoms with Crippen molar-refractivity contribution < 1.29 is 23.6 Å². The Kier molecular flexibility index (Phi) is 13.4. The fourth-order valence-electron chi connectivity index (χ4n) is 6.73. The molecule has 244 valence electrons. The molecule has 9 heteroatoms. The number of aliphatic hydroxyl groups is 1. The highest BCUT2D eigenvalue weighted by atomic mass is 35.5. The Balaban J connectivity index is 1.62. The van der Waals surface area contributed by atoms with Gasteiger partial charge < -0.3 is 19.5 Å². The average Bonchev–Trinajstić information content (AvgIpc) is 3.19. The summed E-state index contributed by atoms with van der Waals surface area (Å²) in [6.45, 7) is 9.06. The van der Waals surface area contributed by atoms with Gasteiger partial charge in [0.05, 0.1) is 17.5 Å². The Labute approximate surface area is 271 Å². The number of methoxy groups -OCH3 is 1. The number of halogens is 1. The van der Waals surface area contributed by atoms with Gasteiger partial charge >= 0.3 is 0 Å². The molecule has 0 aromatic heterocycles. The third kappa shape index (κ3) is 8.77. The van der Waals surface area contributed by atoms with Crippen LogP contribution in [-0.4, -0.2) is 60.5 Å². The number of rotatable bonds is 16. The number of anilines is 1. The van der Waals surface area contributed by atoms with Crippen molar-refractivity contribution in [1.29, 1.82) is 0 Å². The number of benzene rings is 2. The van der Waals surface area contributed by atoms with E-state index >= 15 is 0 Å². The van der Waals surface area contributed by atoms with Crippen molar-refractivity contribution in [2.24, 2.45) is 17.8 Å². The monoisotopic (exact) mass is 646 g/mol. The summed E-state index contributed by atoms with van der Waals surface area (Å²) < 4.78 is 27.1. The summed E-state index contributed by atoms with van der Waals surface area (Å²) in [6, 6.07) is 11.7. The first-order chi connectivity index (χ1) is 21.3. The summed E-state index contributed by atoms with van der Waals surface area (Å²) in [4.78, 5) is 15.7. The predicted octanol–water partition coefficient (Wildman–Crippen LogP) is 6.92. The number of ether oxygens (including phenoxy) is 2. The highest BCUT2D eigenvalue weighted by molar-refractivity contribution is 7.84. The van der Waals surface area contributed by atoms with E-state index in [0.29, 0.717) is 43.0 Å². The number of nitrogens with zero attached hydrogens (tertiary/aromatic N) is 1. The van der Waals surface area contributed by atoms with Gasteiger partial charge in [-0.25, -0.2) is 4.21 Å². The Morgan fingerprint density at radius 3 is 2.68 bits per heavy atom. The topological polar surface area (TPSA) is 88.1 Å². The minimum absolute atomic E-state index is 0.125. The molecular formula is C35H51ClN2O5S. The van der Waals surface area contributed by atoms with Gasteiger partial charge in [0.1, 0.15) is 16.7 Å². The lowest BCUT2D eigenvalue weighted by atomic mass is 9.65. The van der Waals surface area contributed by atoms with E-state index in [4.69, 9.17) is 21.1 Å². The molecule has 0 saturated heterocycles. The number of aliphatic hydroxyl groups excluding tert-OH is 1. The van der Waals surface area contributed by atoms with Crippen LogP contribution in [0.2, 0.25) is 5.02 Å². The van der Waals surface area contributed by atoms with E-state index in [2.05, 4.69) is 35.6 Å². The van der Waals surface area contributed by atoms with E-state index in [9.17, 15) is 14.1 Å². The second-order valence-electron chi connectivity index (χ2n) is 12.6. The normalized spacial score (nSPS) is 21.8. The smallest absolute Gasteiger partial charge is 0.263 e. The summed E-state index contributed by atoms with van der Waals surface area (Å²) in [5.74, 6) is 1.80. The van der Waals surface area contributed by atoms with E-state index in [-0.39, 0.29) is 23.7 Å². The van der Waals surface area contributed by atoms with Gasteiger partial charge in [-0.1, -0.05) is 50.8 Å². The van der Waals surface area contributed by atoms with Crippen molar-refractivity contribution in [3.8, 4) is 5.75 Å². The molecule has 4 rings (SSSR count). The molecule has 0 radical (unpaired) electrons. The van der Waals surface area contributed by atoms with Gasteiger partial charge in [0, 0.05) is 49.9 Å². The number of amides is 1. The minimum atomic E-state index is -1.52. The number of hydrogen-bond acceptors (Lipinski definition) is 6. The summed E-state index contributed by atoms with van der Waals surface area (Å²) in [6.07, 6.45) is 8.18. The maximum atomic E-state index is 13.3. The molecule has 0 bridgehead atoms. The predicted molar refractivity (Wildman–Crippen MR) is 180 cm³/mol. The molecular weight excluding hydrogens is 596 g/mol. The van der Waals surface area contributed by atoms with Crippen molar-refractivity contribution >= 4 is 34.2 Å². The van der Waals surface area contributed by atoms with Crippen LogP contribution >= 0.6 is 11.6 Å². The van der Waals surface area contributed by atoms with Crippen LogP contribution in [0.25, 0.3) is 0 Å². The highest BCUT2D eigenvalue weighted by Crippen LogP contribution is 2.44. The van der Waals surface area contributed by atoms with Gasteiger partial charge in [0.2, 0.25) is 0 Å². The largest absolute Gasteiger partial charge is 0.491 e. The van der Waals surface area contributed by atoms with Crippen molar-refractivity contribution in [1.82, 2.24) is 4.72 Å². The van der Waals surface area contributed by atoms with E-state index < -0.39 is 11.0 Å². The van der Waals surface area contributed by atoms with E-state index in [1.807, 2.05) is 25.1 Å². The van der Waals surface area contributed by atoms with Crippen LogP contribution in [0, 0.1) is 17.8 Å². The third-order valence-corrected chi connectivity index (χ3v) is 11.1. The first-order valence-electron chi connectivity index (χ1n) is 16.4. The molecule has 2 aliphatic rings. The second kappa shape index (κ2) is 17.0. The zero-order valence-corrected chi connectivity index (χ0v) is 28.4. The zero-order chi connectivity index (χ0) is 31.6.